The van der Waals surface area contributed by atoms with Crippen LogP contribution < -0.4 is 9.47 Å². The largest absolute Gasteiger partial charge is 0.504 e. The molecule has 2 aromatic carbocycles. The fourth-order valence-corrected chi connectivity index (χ4v) is 3.75. The molecule has 26 heavy (non-hydrogen) atoms. The molecule has 1 fully saturated rings. The lowest BCUT2D eigenvalue weighted by atomic mass is 10.1. The Morgan fingerprint density at radius 1 is 1.15 bits per heavy atom. The molecule has 0 atom stereocenters. The second-order valence-corrected chi connectivity index (χ2v) is 7.22. The van der Waals surface area contributed by atoms with Gasteiger partial charge in [0, 0.05) is 0 Å². The van der Waals surface area contributed by atoms with Crippen LogP contribution in [0.15, 0.2) is 47.4 Å². The lowest BCUT2D eigenvalue weighted by Gasteiger charge is -2.14. The topological polar surface area (TPSA) is 59.0 Å². The number of methoxy groups -OCH3 is 2. The highest BCUT2D eigenvalue weighted by molar-refractivity contribution is 8.26. The monoisotopic (exact) mass is 387 g/mol. The molecule has 1 heterocycles. The van der Waals surface area contributed by atoms with Crippen LogP contribution in [0.4, 0.5) is 0 Å². The number of rotatable bonds is 5. The predicted molar refractivity (Wildman–Crippen MR) is 106 cm³/mol. The Hall–Kier alpha value is -2.51. The number of phenolic OH excluding ortho intramolecular Hbond substituents is 1. The van der Waals surface area contributed by atoms with Crippen LogP contribution >= 0.6 is 24.0 Å². The zero-order valence-corrected chi connectivity index (χ0v) is 15.9. The first-order chi connectivity index (χ1) is 12.5. The smallest absolute Gasteiger partial charge is 0.266 e. The van der Waals surface area contributed by atoms with E-state index in [0.717, 1.165) is 11.3 Å². The minimum absolute atomic E-state index is 0.0231. The number of thioether (sulfide) groups is 1. The van der Waals surface area contributed by atoms with E-state index in [1.54, 1.807) is 36.3 Å². The number of hydrogen-bond acceptors (Lipinski definition) is 6. The number of benzene rings is 2. The number of hydrogen-bond donors (Lipinski definition) is 1. The summed E-state index contributed by atoms with van der Waals surface area (Å²) in [7, 11) is 3.10. The van der Waals surface area contributed by atoms with Crippen LogP contribution in [0, 0.1) is 0 Å². The molecule has 134 valence electrons. The third-order valence-electron chi connectivity index (χ3n) is 3.87. The molecule has 0 aromatic heterocycles. The van der Waals surface area contributed by atoms with E-state index < -0.39 is 0 Å². The summed E-state index contributed by atoms with van der Waals surface area (Å²) in [6, 6.07) is 12.5. The van der Waals surface area contributed by atoms with E-state index in [4.69, 9.17) is 21.7 Å². The third-order valence-corrected chi connectivity index (χ3v) is 5.25. The van der Waals surface area contributed by atoms with Gasteiger partial charge in [0.05, 0.1) is 25.7 Å². The Bertz CT molecular complexity index is 878. The van der Waals surface area contributed by atoms with Crippen molar-refractivity contribution in [1.82, 2.24) is 4.90 Å². The number of carbonyl (C=O) groups is 1. The molecule has 0 unspecified atom stereocenters. The van der Waals surface area contributed by atoms with E-state index in [2.05, 4.69) is 0 Å². The number of aromatic hydroxyl groups is 1. The van der Waals surface area contributed by atoms with Crippen LogP contribution in [0.3, 0.4) is 0 Å². The highest BCUT2D eigenvalue weighted by atomic mass is 32.2. The summed E-state index contributed by atoms with van der Waals surface area (Å²) < 4.78 is 10.7. The molecule has 0 aliphatic carbocycles. The summed E-state index contributed by atoms with van der Waals surface area (Å²) in [4.78, 5) is 14.8. The number of amides is 1. The van der Waals surface area contributed by atoms with E-state index in [0.29, 0.717) is 27.1 Å². The Morgan fingerprint density at radius 2 is 1.88 bits per heavy atom. The zero-order valence-electron chi connectivity index (χ0n) is 14.3. The van der Waals surface area contributed by atoms with Gasteiger partial charge in [-0.1, -0.05) is 42.2 Å². The first kappa shape index (κ1) is 18.3. The van der Waals surface area contributed by atoms with Crippen molar-refractivity contribution < 1.29 is 19.4 Å². The standard InChI is InChI=1S/C19H17NO4S2/c1-23-14-6-3-12(4-7-14)11-20-18(22)17(26-19(20)25)10-13-5-8-16(24-2)15(21)9-13/h3-10,21H,11H2,1-2H3. The highest BCUT2D eigenvalue weighted by Gasteiger charge is 2.32. The first-order valence-corrected chi connectivity index (χ1v) is 8.99. The van der Waals surface area contributed by atoms with E-state index in [-0.39, 0.29) is 11.7 Å². The van der Waals surface area contributed by atoms with Gasteiger partial charge in [-0.3, -0.25) is 9.69 Å². The normalized spacial score (nSPS) is 15.6. The maximum atomic E-state index is 12.7. The lowest BCUT2D eigenvalue weighted by Crippen LogP contribution is -2.27. The maximum Gasteiger partial charge on any atom is 0.266 e. The van der Waals surface area contributed by atoms with Gasteiger partial charge in [0.25, 0.3) is 5.91 Å². The fourth-order valence-electron chi connectivity index (χ4n) is 2.50. The second-order valence-electron chi connectivity index (χ2n) is 5.55. The molecule has 0 radical (unpaired) electrons. The Kier molecular flexibility index (Phi) is 5.49. The lowest BCUT2D eigenvalue weighted by molar-refractivity contribution is -0.122. The van der Waals surface area contributed by atoms with Gasteiger partial charge < -0.3 is 14.6 Å². The summed E-state index contributed by atoms with van der Waals surface area (Å²) in [5.41, 5.74) is 1.67. The van der Waals surface area contributed by atoms with Crippen molar-refractivity contribution >= 4 is 40.3 Å². The minimum atomic E-state index is -0.147. The summed E-state index contributed by atoms with van der Waals surface area (Å²) in [5.74, 6) is 1.02. The van der Waals surface area contributed by atoms with Crippen LogP contribution in [-0.4, -0.2) is 34.5 Å². The summed E-state index contributed by atoms with van der Waals surface area (Å²) in [6.45, 7) is 0.403. The molecule has 1 saturated heterocycles. The van der Waals surface area contributed by atoms with Crippen LogP contribution in [0.5, 0.6) is 17.2 Å². The molecular formula is C19H17NO4S2. The summed E-state index contributed by atoms with van der Waals surface area (Å²) in [5, 5.41) is 9.88. The predicted octanol–water partition coefficient (Wildman–Crippen LogP) is 3.81. The molecule has 2 aromatic rings. The maximum absolute atomic E-state index is 12.7. The molecule has 0 saturated carbocycles. The first-order valence-electron chi connectivity index (χ1n) is 7.77. The van der Waals surface area contributed by atoms with Gasteiger partial charge in [-0.2, -0.15) is 0 Å². The van der Waals surface area contributed by atoms with Crippen LogP contribution in [0.25, 0.3) is 6.08 Å². The fraction of sp³-hybridized carbons (Fsp3) is 0.158. The van der Waals surface area contributed by atoms with Crippen molar-refractivity contribution in [1.29, 1.82) is 0 Å². The third kappa shape index (κ3) is 3.84. The molecule has 3 rings (SSSR count). The summed E-state index contributed by atoms with van der Waals surface area (Å²) in [6.07, 6.45) is 1.71. The van der Waals surface area contributed by atoms with E-state index in [9.17, 15) is 9.90 Å². The summed E-state index contributed by atoms with van der Waals surface area (Å²) >= 11 is 6.61. The molecule has 1 aliphatic heterocycles. The van der Waals surface area contributed by atoms with E-state index in [1.165, 1.54) is 18.9 Å². The number of carbonyl (C=O) groups excluding carboxylic acids is 1. The Morgan fingerprint density at radius 3 is 2.50 bits per heavy atom. The number of thiocarbonyl (C=S) groups is 1. The zero-order chi connectivity index (χ0) is 18.7. The molecule has 1 amide bonds. The average Bonchev–Trinajstić information content (AvgIpc) is 2.90. The molecule has 7 heteroatoms. The second kappa shape index (κ2) is 7.80. The molecule has 0 spiro atoms. The van der Waals surface area contributed by atoms with E-state index in [1.807, 2.05) is 24.3 Å². The quantitative estimate of drug-likeness (QED) is 0.622. The number of nitrogens with zero attached hydrogens (tertiary/aromatic N) is 1. The van der Waals surface area contributed by atoms with Gasteiger partial charge in [-0.25, -0.2) is 0 Å². The van der Waals surface area contributed by atoms with Crippen LogP contribution in [0.1, 0.15) is 11.1 Å². The van der Waals surface area contributed by atoms with Crippen molar-refractivity contribution in [2.45, 2.75) is 6.54 Å². The van der Waals surface area contributed by atoms with E-state index >= 15 is 0 Å². The van der Waals surface area contributed by atoms with Crippen LogP contribution in [-0.2, 0) is 11.3 Å². The van der Waals surface area contributed by atoms with Crippen LogP contribution in [0.2, 0.25) is 0 Å². The van der Waals surface area contributed by atoms with Gasteiger partial charge >= 0.3 is 0 Å². The highest BCUT2D eigenvalue weighted by Crippen LogP contribution is 2.35. The Labute approximate surface area is 161 Å². The van der Waals surface area contributed by atoms with Gasteiger partial charge in [0.2, 0.25) is 0 Å². The van der Waals surface area contributed by atoms with Gasteiger partial charge in [0.1, 0.15) is 10.1 Å². The molecule has 0 bridgehead atoms. The van der Waals surface area contributed by atoms with Crippen molar-refractivity contribution in [2.24, 2.45) is 0 Å². The Balaban J connectivity index is 1.78. The number of ether oxygens (including phenoxy) is 2. The van der Waals surface area contributed by atoms with Crippen molar-refractivity contribution in [3.05, 3.63) is 58.5 Å². The molecule has 1 aliphatic rings. The SMILES string of the molecule is COc1ccc(CN2C(=O)C(=Cc3ccc(OC)c(O)c3)SC2=S)cc1. The molecular weight excluding hydrogens is 370 g/mol. The van der Waals surface area contributed by atoms with Gasteiger partial charge in [0.15, 0.2) is 11.5 Å². The minimum Gasteiger partial charge on any atom is -0.504 e. The van der Waals surface area contributed by atoms with Gasteiger partial charge in [-0.15, -0.1) is 0 Å². The average molecular weight is 387 g/mol. The van der Waals surface area contributed by atoms with Crippen molar-refractivity contribution in [2.75, 3.05) is 14.2 Å². The number of phenols is 1. The van der Waals surface area contributed by atoms with Crippen molar-refractivity contribution in [3.63, 3.8) is 0 Å². The molecule has 1 N–H and O–H groups in total. The molecule has 5 nitrogen and oxygen atoms in total. The van der Waals surface area contributed by atoms with Crippen molar-refractivity contribution in [3.8, 4) is 17.2 Å². The van der Waals surface area contributed by atoms with Gasteiger partial charge in [-0.05, 0) is 41.5 Å².